The van der Waals surface area contributed by atoms with Gasteiger partial charge in [0.25, 0.3) is 5.69 Å². The maximum atomic E-state index is 10.6. The molecule has 0 amide bonds. The van der Waals surface area contributed by atoms with E-state index in [0.717, 1.165) is 17.1 Å². The van der Waals surface area contributed by atoms with Crippen molar-refractivity contribution < 1.29 is 4.92 Å². The van der Waals surface area contributed by atoms with Crippen molar-refractivity contribution in [3.8, 4) is 5.69 Å². The van der Waals surface area contributed by atoms with Crippen LogP contribution in [0.4, 0.5) is 17.2 Å². The van der Waals surface area contributed by atoms with Gasteiger partial charge in [-0.1, -0.05) is 18.2 Å². The van der Waals surface area contributed by atoms with Gasteiger partial charge in [-0.2, -0.15) is 5.10 Å². The minimum absolute atomic E-state index is 0.0396. The van der Waals surface area contributed by atoms with Crippen molar-refractivity contribution >= 4 is 17.2 Å². The minimum atomic E-state index is -0.477. The van der Waals surface area contributed by atoms with Gasteiger partial charge in [0.05, 0.1) is 28.2 Å². The molecule has 0 saturated heterocycles. The number of nitrogens with one attached hydrogen (secondary N) is 1. The Labute approximate surface area is 126 Å². The molecule has 0 saturated carbocycles. The molecule has 2 aromatic heterocycles. The third kappa shape index (κ3) is 2.64. The molecule has 0 aliphatic carbocycles. The van der Waals surface area contributed by atoms with Crippen molar-refractivity contribution in [2.75, 3.05) is 5.32 Å². The zero-order valence-corrected chi connectivity index (χ0v) is 11.8. The zero-order chi connectivity index (χ0) is 15.5. The van der Waals surface area contributed by atoms with Crippen molar-refractivity contribution in [3.63, 3.8) is 0 Å². The second kappa shape index (κ2) is 5.65. The molecule has 1 aromatic carbocycles. The lowest BCUT2D eigenvalue weighted by molar-refractivity contribution is -0.385. The summed E-state index contributed by atoms with van der Waals surface area (Å²) in [5, 5.41) is 18.1. The Balaban J connectivity index is 1.85. The van der Waals surface area contributed by atoms with Gasteiger partial charge < -0.3 is 5.32 Å². The molecular weight excluding hydrogens is 282 g/mol. The highest BCUT2D eigenvalue weighted by atomic mass is 16.6. The molecule has 3 rings (SSSR count). The van der Waals surface area contributed by atoms with Crippen LogP contribution in [0.15, 0.2) is 54.9 Å². The van der Waals surface area contributed by atoms with E-state index in [1.54, 1.807) is 12.3 Å². The largest absolute Gasteiger partial charge is 0.337 e. The number of aromatic nitrogens is 3. The Morgan fingerprint density at radius 1 is 1.14 bits per heavy atom. The van der Waals surface area contributed by atoms with E-state index < -0.39 is 4.92 Å². The molecule has 0 aliphatic heterocycles. The van der Waals surface area contributed by atoms with Gasteiger partial charge in [0.1, 0.15) is 12.0 Å². The van der Waals surface area contributed by atoms with Crippen molar-refractivity contribution in [1.82, 2.24) is 14.8 Å². The van der Waals surface area contributed by atoms with Crippen LogP contribution in [0.1, 0.15) is 5.69 Å². The quantitative estimate of drug-likeness (QED) is 0.590. The van der Waals surface area contributed by atoms with Crippen molar-refractivity contribution in [2.24, 2.45) is 0 Å². The molecule has 2 heterocycles. The highest BCUT2D eigenvalue weighted by Gasteiger charge is 2.10. The van der Waals surface area contributed by atoms with E-state index in [-0.39, 0.29) is 5.69 Å². The number of nitro groups is 1. The van der Waals surface area contributed by atoms with Gasteiger partial charge in [0, 0.05) is 6.07 Å². The zero-order valence-electron chi connectivity index (χ0n) is 11.8. The predicted molar refractivity (Wildman–Crippen MR) is 82.5 cm³/mol. The Hall–Kier alpha value is -3.22. The molecule has 0 unspecified atom stereocenters. The monoisotopic (exact) mass is 295 g/mol. The van der Waals surface area contributed by atoms with Crippen molar-refractivity contribution in [1.29, 1.82) is 0 Å². The molecular formula is C15H13N5O2. The summed E-state index contributed by atoms with van der Waals surface area (Å²) in [6, 6.07) is 12.7. The molecule has 110 valence electrons. The number of benzene rings is 1. The molecule has 0 radical (unpaired) electrons. The van der Waals surface area contributed by atoms with E-state index in [9.17, 15) is 10.1 Å². The van der Waals surface area contributed by atoms with E-state index in [1.807, 2.05) is 41.9 Å². The van der Waals surface area contributed by atoms with E-state index in [4.69, 9.17) is 0 Å². The molecule has 0 bridgehead atoms. The van der Waals surface area contributed by atoms with Gasteiger partial charge in [0.2, 0.25) is 0 Å². The SMILES string of the molecule is Cc1c(Nc2ccc([N+](=O)[O-])cn2)cnn1-c1ccccc1. The average Bonchev–Trinajstić information content (AvgIpc) is 2.90. The van der Waals surface area contributed by atoms with Gasteiger partial charge in [-0.15, -0.1) is 0 Å². The lowest BCUT2D eigenvalue weighted by Crippen LogP contribution is -2.00. The van der Waals surface area contributed by atoms with Crippen LogP contribution >= 0.6 is 0 Å². The van der Waals surface area contributed by atoms with Crippen LogP contribution < -0.4 is 5.32 Å². The van der Waals surface area contributed by atoms with Crippen LogP contribution in [0.25, 0.3) is 5.69 Å². The predicted octanol–water partition coefficient (Wildman–Crippen LogP) is 3.23. The first-order valence-electron chi connectivity index (χ1n) is 6.62. The maximum absolute atomic E-state index is 10.6. The fraction of sp³-hybridized carbons (Fsp3) is 0.0667. The summed E-state index contributed by atoms with van der Waals surface area (Å²) in [5.41, 5.74) is 2.64. The second-order valence-corrected chi connectivity index (χ2v) is 4.67. The van der Waals surface area contributed by atoms with Crippen LogP contribution in [0.5, 0.6) is 0 Å². The van der Waals surface area contributed by atoms with Crippen molar-refractivity contribution in [3.05, 3.63) is 70.7 Å². The fourth-order valence-corrected chi connectivity index (χ4v) is 2.07. The Kier molecular flexibility index (Phi) is 3.53. The number of rotatable bonds is 4. The smallest absolute Gasteiger partial charge is 0.287 e. The van der Waals surface area contributed by atoms with Crippen LogP contribution in [-0.2, 0) is 0 Å². The lowest BCUT2D eigenvalue weighted by atomic mass is 10.3. The molecule has 0 fully saturated rings. The van der Waals surface area contributed by atoms with Crippen LogP contribution in [0.3, 0.4) is 0 Å². The van der Waals surface area contributed by atoms with Gasteiger partial charge in [-0.25, -0.2) is 9.67 Å². The summed E-state index contributed by atoms with van der Waals surface area (Å²) in [4.78, 5) is 14.2. The molecule has 7 nitrogen and oxygen atoms in total. The number of hydrogen-bond donors (Lipinski definition) is 1. The molecule has 1 N–H and O–H groups in total. The lowest BCUT2D eigenvalue weighted by Gasteiger charge is -2.06. The summed E-state index contributed by atoms with van der Waals surface area (Å²) in [7, 11) is 0. The third-order valence-electron chi connectivity index (χ3n) is 3.23. The topological polar surface area (TPSA) is 85.9 Å². The normalized spacial score (nSPS) is 10.4. The average molecular weight is 295 g/mol. The second-order valence-electron chi connectivity index (χ2n) is 4.67. The fourth-order valence-electron chi connectivity index (χ4n) is 2.07. The highest BCUT2D eigenvalue weighted by molar-refractivity contribution is 5.59. The first-order chi connectivity index (χ1) is 10.6. The van der Waals surface area contributed by atoms with Gasteiger partial charge >= 0.3 is 0 Å². The van der Waals surface area contributed by atoms with Crippen LogP contribution in [0, 0.1) is 17.0 Å². The molecule has 0 atom stereocenters. The minimum Gasteiger partial charge on any atom is -0.337 e. The van der Waals surface area contributed by atoms with Gasteiger partial charge in [0.15, 0.2) is 0 Å². The summed E-state index contributed by atoms with van der Waals surface area (Å²) in [6.45, 7) is 1.94. The van der Waals surface area contributed by atoms with Crippen LogP contribution in [0.2, 0.25) is 0 Å². The van der Waals surface area contributed by atoms with Crippen molar-refractivity contribution in [2.45, 2.75) is 6.92 Å². The van der Waals surface area contributed by atoms with Crippen LogP contribution in [-0.4, -0.2) is 19.7 Å². The van der Waals surface area contributed by atoms with E-state index in [0.29, 0.717) is 5.82 Å². The third-order valence-corrected chi connectivity index (χ3v) is 3.23. The van der Waals surface area contributed by atoms with E-state index >= 15 is 0 Å². The Bertz CT molecular complexity index is 797. The molecule has 0 spiro atoms. The number of para-hydroxylation sites is 1. The summed E-state index contributed by atoms with van der Waals surface area (Å²) >= 11 is 0. The Morgan fingerprint density at radius 3 is 2.55 bits per heavy atom. The van der Waals surface area contributed by atoms with E-state index in [2.05, 4.69) is 15.4 Å². The summed E-state index contributed by atoms with van der Waals surface area (Å²) in [5.74, 6) is 0.529. The number of anilines is 2. The standard InChI is InChI=1S/C15H13N5O2/c1-11-14(10-17-19(11)12-5-3-2-4-6-12)18-15-8-7-13(9-16-15)20(21)22/h2-10H,1H3,(H,16,18). The number of pyridine rings is 1. The maximum Gasteiger partial charge on any atom is 0.287 e. The van der Waals surface area contributed by atoms with Gasteiger partial charge in [-0.3, -0.25) is 10.1 Å². The Morgan fingerprint density at radius 2 is 1.91 bits per heavy atom. The highest BCUT2D eigenvalue weighted by Crippen LogP contribution is 2.22. The van der Waals surface area contributed by atoms with E-state index in [1.165, 1.54) is 12.3 Å². The van der Waals surface area contributed by atoms with Gasteiger partial charge in [-0.05, 0) is 25.1 Å². The number of hydrogen-bond acceptors (Lipinski definition) is 5. The summed E-state index contributed by atoms with van der Waals surface area (Å²) in [6.07, 6.45) is 2.92. The summed E-state index contributed by atoms with van der Waals surface area (Å²) < 4.78 is 1.81. The first-order valence-corrected chi connectivity index (χ1v) is 6.62. The molecule has 7 heteroatoms. The number of nitrogens with zero attached hydrogens (tertiary/aromatic N) is 4. The first kappa shape index (κ1) is 13.7. The molecule has 3 aromatic rings. The molecule has 22 heavy (non-hydrogen) atoms. The molecule has 0 aliphatic rings.